The maximum atomic E-state index is 9.55. The summed E-state index contributed by atoms with van der Waals surface area (Å²) >= 11 is 0. The van der Waals surface area contributed by atoms with E-state index in [4.69, 9.17) is 30.4 Å². The highest BCUT2D eigenvalue weighted by molar-refractivity contribution is 5.90. The van der Waals surface area contributed by atoms with Gasteiger partial charge in [-0.15, -0.1) is 0 Å². The Hall–Kier alpha value is -4.21. The van der Waals surface area contributed by atoms with Gasteiger partial charge in [-0.25, -0.2) is 19.2 Å². The molecule has 0 aromatic heterocycles. The number of aliphatic carboxylic acids is 4. The Morgan fingerprint density at radius 3 is 1.89 bits per heavy atom. The van der Waals surface area contributed by atoms with Crippen LogP contribution in [0.3, 0.4) is 0 Å². The molecule has 0 spiro atoms. The topological polar surface area (TPSA) is 189 Å². The zero-order chi connectivity index (χ0) is 27.6. The van der Waals surface area contributed by atoms with Gasteiger partial charge in [0.15, 0.2) is 0 Å². The number of ether oxygens (including phenoxy) is 1. The fourth-order valence-electron chi connectivity index (χ4n) is 3.63. The van der Waals surface area contributed by atoms with Crippen LogP contribution in [0.4, 0.5) is 0 Å². The van der Waals surface area contributed by atoms with E-state index in [0.29, 0.717) is 29.9 Å². The second-order valence-electron chi connectivity index (χ2n) is 7.99. The molecule has 4 N–H and O–H groups in total. The molecule has 37 heavy (non-hydrogen) atoms. The van der Waals surface area contributed by atoms with E-state index in [1.807, 2.05) is 12.1 Å². The molecule has 0 amide bonds. The molecular formula is C25H31N3O9. The number of carbonyl (C=O) groups is 4. The number of rotatable bonds is 8. The average Bonchev–Trinajstić information content (AvgIpc) is 2.87. The third-order valence-corrected chi connectivity index (χ3v) is 5.32. The van der Waals surface area contributed by atoms with E-state index >= 15 is 0 Å². The Morgan fingerprint density at radius 1 is 0.865 bits per heavy atom. The van der Waals surface area contributed by atoms with E-state index in [2.05, 4.69) is 15.9 Å². The normalized spacial score (nSPS) is 17.3. The molecule has 0 saturated carbocycles. The molecule has 0 aliphatic carbocycles. The van der Waals surface area contributed by atoms with Gasteiger partial charge in [-0.05, 0) is 43.7 Å². The summed E-state index contributed by atoms with van der Waals surface area (Å²) in [5.74, 6) is -4.18. The Labute approximate surface area is 214 Å². The van der Waals surface area contributed by atoms with Gasteiger partial charge >= 0.3 is 23.9 Å². The first-order valence-electron chi connectivity index (χ1n) is 11.5. The minimum absolute atomic E-state index is 0.558. The summed E-state index contributed by atoms with van der Waals surface area (Å²) in [6.07, 6.45) is 6.34. The second kappa shape index (κ2) is 17.3. The van der Waals surface area contributed by atoms with Crippen molar-refractivity contribution in [1.29, 1.82) is 5.26 Å². The molecule has 2 heterocycles. The van der Waals surface area contributed by atoms with Gasteiger partial charge in [0.25, 0.3) is 0 Å². The first-order chi connectivity index (χ1) is 17.6. The number of carboxylic acid groups (broad SMARTS) is 4. The number of nitriles is 1. The predicted molar refractivity (Wildman–Crippen MR) is 131 cm³/mol. The van der Waals surface area contributed by atoms with Crippen LogP contribution < -0.4 is 4.74 Å². The highest BCUT2D eigenvalue weighted by Gasteiger charge is 2.28. The number of hydrogen-bond donors (Lipinski definition) is 4. The van der Waals surface area contributed by atoms with Gasteiger partial charge in [-0.1, -0.05) is 6.42 Å². The lowest BCUT2D eigenvalue weighted by atomic mass is 9.99. The molecule has 2 aliphatic heterocycles. The van der Waals surface area contributed by atoms with E-state index in [1.54, 1.807) is 12.1 Å². The molecule has 1 unspecified atom stereocenters. The summed E-state index contributed by atoms with van der Waals surface area (Å²) in [5, 5.41) is 40.0. The maximum Gasteiger partial charge on any atom is 0.328 e. The van der Waals surface area contributed by atoms with Crippen LogP contribution in [-0.2, 0) is 19.2 Å². The number of hydrogen-bond acceptors (Lipinski definition) is 8. The first kappa shape index (κ1) is 30.8. The number of piperidine rings is 1. The molecule has 1 atom stereocenters. The van der Waals surface area contributed by atoms with E-state index in [1.165, 1.54) is 38.9 Å². The average molecular weight is 518 g/mol. The molecule has 1 aromatic rings. The molecule has 2 aliphatic rings. The van der Waals surface area contributed by atoms with E-state index in [0.717, 1.165) is 31.5 Å². The monoisotopic (exact) mass is 517 g/mol. The van der Waals surface area contributed by atoms with Crippen LogP contribution in [-0.4, -0.2) is 99.5 Å². The quantitative estimate of drug-likeness (QED) is 0.365. The lowest BCUT2D eigenvalue weighted by Gasteiger charge is -2.44. The Balaban J connectivity index is 0.000000355. The van der Waals surface area contributed by atoms with Crippen LogP contribution in [0.2, 0.25) is 0 Å². The van der Waals surface area contributed by atoms with E-state index < -0.39 is 23.9 Å². The van der Waals surface area contributed by atoms with Crippen molar-refractivity contribution in [2.24, 2.45) is 0 Å². The van der Waals surface area contributed by atoms with Crippen LogP contribution in [0, 0.1) is 11.3 Å². The lowest BCUT2D eigenvalue weighted by molar-refractivity contribution is -0.134. The summed E-state index contributed by atoms with van der Waals surface area (Å²) < 4.78 is 5.78. The largest absolute Gasteiger partial charge is 0.492 e. The summed E-state index contributed by atoms with van der Waals surface area (Å²) in [4.78, 5) is 43.4. The molecular weight excluding hydrogens is 486 g/mol. The third-order valence-electron chi connectivity index (χ3n) is 5.32. The number of carboxylic acids is 4. The zero-order valence-electron chi connectivity index (χ0n) is 20.2. The van der Waals surface area contributed by atoms with Crippen molar-refractivity contribution in [1.82, 2.24) is 9.80 Å². The van der Waals surface area contributed by atoms with Crippen molar-refractivity contribution in [3.63, 3.8) is 0 Å². The fraction of sp³-hybridized carbons (Fsp3) is 0.400. The smallest absolute Gasteiger partial charge is 0.328 e. The summed E-state index contributed by atoms with van der Waals surface area (Å²) in [7, 11) is 0. The molecule has 2 saturated heterocycles. The summed E-state index contributed by atoms with van der Waals surface area (Å²) in [6, 6.07) is 10.2. The minimum atomic E-state index is -1.26. The molecule has 200 valence electrons. The zero-order valence-corrected chi connectivity index (χ0v) is 20.2. The third kappa shape index (κ3) is 14.7. The van der Waals surface area contributed by atoms with Crippen molar-refractivity contribution in [3.05, 3.63) is 54.1 Å². The molecule has 3 rings (SSSR count). The van der Waals surface area contributed by atoms with Crippen LogP contribution >= 0.6 is 0 Å². The highest BCUT2D eigenvalue weighted by atomic mass is 16.5. The standard InChI is InChI=1S/C17H23N3O.2C4H4O4/c18-13-15-4-6-17(7-5-15)21-12-11-19-9-10-20-8-2-1-3-16(20)14-19;2*5-3(6)1-2-4(7)8/h4-7,16H,1-3,8-12,14H2;2*1-2H,(H,5,6)(H,7,8)/b;2*2-1+. The number of benzene rings is 1. The molecule has 2 fully saturated rings. The molecule has 0 bridgehead atoms. The van der Waals surface area contributed by atoms with E-state index in [-0.39, 0.29) is 0 Å². The molecule has 12 heteroatoms. The summed E-state index contributed by atoms with van der Waals surface area (Å²) in [6.45, 7) is 6.56. The van der Waals surface area contributed by atoms with Gasteiger partial charge in [0.05, 0.1) is 11.6 Å². The van der Waals surface area contributed by atoms with Crippen molar-refractivity contribution >= 4 is 23.9 Å². The Kier molecular flexibility index (Phi) is 14.4. The van der Waals surface area contributed by atoms with Gasteiger partial charge in [0, 0.05) is 56.5 Å². The predicted octanol–water partition coefficient (Wildman–Crippen LogP) is 1.53. The van der Waals surface area contributed by atoms with Crippen molar-refractivity contribution in [2.75, 3.05) is 39.3 Å². The van der Waals surface area contributed by atoms with Gasteiger partial charge in [0.1, 0.15) is 12.4 Å². The first-order valence-corrected chi connectivity index (χ1v) is 11.5. The van der Waals surface area contributed by atoms with Crippen molar-refractivity contribution < 1.29 is 44.3 Å². The van der Waals surface area contributed by atoms with Crippen LogP contribution in [0.1, 0.15) is 24.8 Å². The van der Waals surface area contributed by atoms with Gasteiger partial charge in [-0.2, -0.15) is 5.26 Å². The Morgan fingerprint density at radius 2 is 1.41 bits per heavy atom. The highest BCUT2D eigenvalue weighted by Crippen LogP contribution is 2.21. The molecule has 1 aromatic carbocycles. The van der Waals surface area contributed by atoms with Gasteiger partial charge in [-0.3, -0.25) is 9.80 Å². The minimum Gasteiger partial charge on any atom is -0.492 e. The summed E-state index contributed by atoms with van der Waals surface area (Å²) in [5.41, 5.74) is 0.677. The van der Waals surface area contributed by atoms with E-state index in [9.17, 15) is 19.2 Å². The van der Waals surface area contributed by atoms with Gasteiger partial charge < -0.3 is 25.2 Å². The van der Waals surface area contributed by atoms with Crippen LogP contribution in [0.25, 0.3) is 0 Å². The SMILES string of the molecule is N#Cc1ccc(OCCN2CCN3CCCCC3C2)cc1.O=C(O)/C=C/C(=O)O.O=C(O)/C=C/C(=O)O. The fourth-order valence-corrected chi connectivity index (χ4v) is 3.63. The second-order valence-corrected chi connectivity index (χ2v) is 7.99. The Bertz CT molecular complexity index is 934. The van der Waals surface area contributed by atoms with Crippen molar-refractivity contribution in [2.45, 2.75) is 25.3 Å². The van der Waals surface area contributed by atoms with Crippen molar-refractivity contribution in [3.8, 4) is 11.8 Å². The molecule has 12 nitrogen and oxygen atoms in total. The lowest BCUT2D eigenvalue weighted by Crippen LogP contribution is -2.55. The molecule has 0 radical (unpaired) electrons. The number of fused-ring (bicyclic) bond motifs is 1. The van der Waals surface area contributed by atoms with Gasteiger partial charge in [0.2, 0.25) is 0 Å². The maximum absolute atomic E-state index is 9.55. The number of nitrogens with zero attached hydrogens (tertiary/aromatic N) is 3. The van der Waals surface area contributed by atoms with Crippen LogP contribution in [0.15, 0.2) is 48.6 Å². The van der Waals surface area contributed by atoms with Crippen LogP contribution in [0.5, 0.6) is 5.75 Å². The number of piperazine rings is 1.